The number of carbonyl (C=O) groups excluding carboxylic acids is 1. The molecule has 1 aliphatic rings. The molecule has 0 aromatic heterocycles. The molecule has 0 atom stereocenters. The second kappa shape index (κ2) is 8.45. The number of carbonyl (C=O) groups is 1. The number of nitrogens with zero attached hydrogens (tertiary/aromatic N) is 1. The van der Waals surface area contributed by atoms with Gasteiger partial charge in [0.25, 0.3) is 5.91 Å². The summed E-state index contributed by atoms with van der Waals surface area (Å²) in [5, 5.41) is 15.7. The molecule has 0 saturated heterocycles. The molecule has 0 aliphatic heterocycles. The standard InChI is InChI=1S/C17H20ClN3O/c18-15-8-6-13(7-9-15)11-21-17(22)14(10-19)12-20-16-4-2-1-3-5-16/h6-9,12,16,20H,1-5,11H2,(H,21,22)/b14-12-. The van der Waals surface area contributed by atoms with Crippen molar-refractivity contribution in [3.05, 3.63) is 46.6 Å². The zero-order valence-corrected chi connectivity index (χ0v) is 13.2. The number of hydrogen-bond acceptors (Lipinski definition) is 3. The third kappa shape index (κ3) is 5.09. The Kier molecular flexibility index (Phi) is 6.29. The number of amides is 1. The van der Waals surface area contributed by atoms with E-state index in [1.165, 1.54) is 19.3 Å². The first-order chi connectivity index (χ1) is 10.7. The highest BCUT2D eigenvalue weighted by atomic mass is 35.5. The highest BCUT2D eigenvalue weighted by molar-refractivity contribution is 6.30. The lowest BCUT2D eigenvalue weighted by Crippen LogP contribution is -2.29. The molecule has 1 aromatic rings. The third-order valence-corrected chi connectivity index (χ3v) is 4.05. The predicted molar refractivity (Wildman–Crippen MR) is 87.0 cm³/mol. The molecule has 22 heavy (non-hydrogen) atoms. The minimum Gasteiger partial charge on any atom is -0.387 e. The number of hydrogen-bond donors (Lipinski definition) is 2. The number of rotatable bonds is 5. The zero-order valence-electron chi connectivity index (χ0n) is 12.4. The van der Waals surface area contributed by atoms with E-state index in [1.807, 2.05) is 18.2 Å². The first-order valence-corrected chi connectivity index (χ1v) is 7.96. The summed E-state index contributed by atoms with van der Waals surface area (Å²) in [6.07, 6.45) is 7.43. The average molecular weight is 318 g/mol. The van der Waals surface area contributed by atoms with Crippen molar-refractivity contribution >= 4 is 17.5 Å². The molecular formula is C17H20ClN3O. The van der Waals surface area contributed by atoms with E-state index < -0.39 is 0 Å². The van der Waals surface area contributed by atoms with Crippen LogP contribution < -0.4 is 10.6 Å². The van der Waals surface area contributed by atoms with Gasteiger partial charge >= 0.3 is 0 Å². The lowest BCUT2D eigenvalue weighted by molar-refractivity contribution is -0.117. The fourth-order valence-electron chi connectivity index (χ4n) is 2.50. The smallest absolute Gasteiger partial charge is 0.263 e. The van der Waals surface area contributed by atoms with Crippen LogP contribution in [0.5, 0.6) is 0 Å². The van der Waals surface area contributed by atoms with Crippen LogP contribution in [-0.2, 0) is 11.3 Å². The topological polar surface area (TPSA) is 64.9 Å². The van der Waals surface area contributed by atoms with Gasteiger partial charge in [0.05, 0.1) is 0 Å². The van der Waals surface area contributed by atoms with Crippen molar-refractivity contribution in [1.82, 2.24) is 10.6 Å². The van der Waals surface area contributed by atoms with E-state index in [1.54, 1.807) is 18.3 Å². The summed E-state index contributed by atoms with van der Waals surface area (Å²) in [7, 11) is 0. The molecule has 1 fully saturated rings. The molecule has 1 amide bonds. The Hall–Kier alpha value is -1.99. The minimum absolute atomic E-state index is 0.111. The molecule has 2 N–H and O–H groups in total. The molecule has 2 rings (SSSR count). The molecule has 5 heteroatoms. The maximum Gasteiger partial charge on any atom is 0.263 e. The normalized spacial score (nSPS) is 15.9. The SMILES string of the molecule is N#C/C(=C/NC1CCCCC1)C(=O)NCc1ccc(Cl)cc1. The van der Waals surface area contributed by atoms with Crippen LogP contribution in [0.1, 0.15) is 37.7 Å². The Morgan fingerprint density at radius 1 is 1.27 bits per heavy atom. The van der Waals surface area contributed by atoms with Crippen molar-refractivity contribution in [3.63, 3.8) is 0 Å². The van der Waals surface area contributed by atoms with E-state index in [0.717, 1.165) is 18.4 Å². The average Bonchev–Trinajstić information content (AvgIpc) is 2.56. The van der Waals surface area contributed by atoms with Crippen LogP contribution in [0.2, 0.25) is 5.02 Å². The summed E-state index contributed by atoms with van der Waals surface area (Å²) in [6.45, 7) is 0.373. The molecule has 0 bridgehead atoms. The number of halogens is 1. The summed E-state index contributed by atoms with van der Waals surface area (Å²) < 4.78 is 0. The Labute approximate surface area is 136 Å². The van der Waals surface area contributed by atoms with Gasteiger partial charge in [0.15, 0.2) is 0 Å². The third-order valence-electron chi connectivity index (χ3n) is 3.80. The lowest BCUT2D eigenvalue weighted by atomic mass is 9.96. The molecule has 1 aliphatic carbocycles. The van der Waals surface area contributed by atoms with Crippen LogP contribution >= 0.6 is 11.6 Å². The predicted octanol–water partition coefficient (Wildman–Crippen LogP) is 3.29. The first-order valence-electron chi connectivity index (χ1n) is 7.58. The lowest BCUT2D eigenvalue weighted by Gasteiger charge is -2.21. The quantitative estimate of drug-likeness (QED) is 0.647. The van der Waals surface area contributed by atoms with E-state index in [4.69, 9.17) is 16.9 Å². The molecule has 4 nitrogen and oxygen atoms in total. The second-order valence-corrected chi connectivity index (χ2v) is 5.92. The fourth-order valence-corrected chi connectivity index (χ4v) is 2.62. The molecule has 1 saturated carbocycles. The first kappa shape index (κ1) is 16.4. The summed E-state index contributed by atoms with van der Waals surface area (Å²) >= 11 is 5.81. The summed E-state index contributed by atoms with van der Waals surface area (Å²) in [5.41, 5.74) is 1.05. The summed E-state index contributed by atoms with van der Waals surface area (Å²) in [5.74, 6) is -0.360. The molecule has 1 aromatic carbocycles. The van der Waals surface area contributed by atoms with Crippen LogP contribution in [-0.4, -0.2) is 11.9 Å². The molecule has 0 spiro atoms. The summed E-state index contributed by atoms with van der Waals surface area (Å²) in [6, 6.07) is 9.57. The Bertz CT molecular complexity index is 569. The van der Waals surface area contributed by atoms with Gasteiger partial charge in [-0.3, -0.25) is 4.79 Å². The molecular weight excluding hydrogens is 298 g/mol. The van der Waals surface area contributed by atoms with Crippen molar-refractivity contribution in [3.8, 4) is 6.07 Å². The van der Waals surface area contributed by atoms with Gasteiger partial charge in [-0.1, -0.05) is 43.0 Å². The van der Waals surface area contributed by atoms with Gasteiger partial charge in [-0.25, -0.2) is 0 Å². The maximum absolute atomic E-state index is 12.0. The highest BCUT2D eigenvalue weighted by Gasteiger charge is 2.13. The Morgan fingerprint density at radius 2 is 1.95 bits per heavy atom. The zero-order chi connectivity index (χ0) is 15.8. The van der Waals surface area contributed by atoms with Gasteiger partial charge in [0.2, 0.25) is 0 Å². The Morgan fingerprint density at radius 3 is 2.59 bits per heavy atom. The summed E-state index contributed by atoms with van der Waals surface area (Å²) in [4.78, 5) is 12.0. The molecule has 0 radical (unpaired) electrons. The van der Waals surface area contributed by atoms with Gasteiger partial charge in [-0.05, 0) is 30.5 Å². The van der Waals surface area contributed by atoms with Crippen molar-refractivity contribution < 1.29 is 4.79 Å². The van der Waals surface area contributed by atoms with Gasteiger partial charge < -0.3 is 10.6 Å². The van der Waals surface area contributed by atoms with E-state index in [-0.39, 0.29) is 11.5 Å². The van der Waals surface area contributed by atoms with Gasteiger partial charge in [0, 0.05) is 23.8 Å². The molecule has 0 unspecified atom stereocenters. The van der Waals surface area contributed by atoms with Crippen molar-refractivity contribution in [2.45, 2.75) is 44.7 Å². The van der Waals surface area contributed by atoms with E-state index in [0.29, 0.717) is 17.6 Å². The fraction of sp³-hybridized carbons (Fsp3) is 0.412. The van der Waals surface area contributed by atoms with Crippen molar-refractivity contribution in [2.75, 3.05) is 0 Å². The number of nitrogens with one attached hydrogen (secondary N) is 2. The van der Waals surface area contributed by atoms with Gasteiger partial charge in [-0.15, -0.1) is 0 Å². The van der Waals surface area contributed by atoms with Gasteiger partial charge in [0.1, 0.15) is 11.6 Å². The van der Waals surface area contributed by atoms with Gasteiger partial charge in [-0.2, -0.15) is 5.26 Å². The Balaban J connectivity index is 1.85. The molecule has 0 heterocycles. The largest absolute Gasteiger partial charge is 0.387 e. The van der Waals surface area contributed by atoms with Crippen LogP contribution in [0, 0.1) is 11.3 Å². The van der Waals surface area contributed by atoms with Crippen LogP contribution in [0.3, 0.4) is 0 Å². The highest BCUT2D eigenvalue weighted by Crippen LogP contribution is 2.17. The number of benzene rings is 1. The minimum atomic E-state index is -0.360. The second-order valence-electron chi connectivity index (χ2n) is 5.48. The number of nitriles is 1. The van der Waals surface area contributed by atoms with E-state index >= 15 is 0 Å². The van der Waals surface area contributed by atoms with E-state index in [2.05, 4.69) is 10.6 Å². The van der Waals surface area contributed by atoms with Crippen molar-refractivity contribution in [2.24, 2.45) is 0 Å². The van der Waals surface area contributed by atoms with Crippen LogP contribution in [0.4, 0.5) is 0 Å². The van der Waals surface area contributed by atoms with Crippen LogP contribution in [0.25, 0.3) is 0 Å². The maximum atomic E-state index is 12.0. The monoisotopic (exact) mass is 317 g/mol. The van der Waals surface area contributed by atoms with E-state index in [9.17, 15) is 4.79 Å². The van der Waals surface area contributed by atoms with Crippen LogP contribution in [0.15, 0.2) is 36.0 Å². The van der Waals surface area contributed by atoms with Crippen molar-refractivity contribution in [1.29, 1.82) is 5.26 Å². The molecule has 116 valence electrons.